The normalized spacial score (nSPS) is 11.9. The van der Waals surface area contributed by atoms with Gasteiger partial charge in [0.05, 0.1) is 0 Å². The monoisotopic (exact) mass is 205 g/mol. The van der Waals surface area contributed by atoms with E-state index in [2.05, 4.69) is 6.58 Å². The van der Waals surface area contributed by atoms with Gasteiger partial charge in [0, 0.05) is 13.0 Å². The molecular weight excluding hydrogens is 190 g/mol. The summed E-state index contributed by atoms with van der Waals surface area (Å²) in [5.74, 6) is 0.218. The van der Waals surface area contributed by atoms with Gasteiger partial charge in [-0.05, 0) is 24.1 Å². The molecule has 0 saturated carbocycles. The van der Waals surface area contributed by atoms with Crippen LogP contribution in [0.5, 0.6) is 5.75 Å². The van der Waals surface area contributed by atoms with E-state index in [0.717, 1.165) is 12.0 Å². The molecule has 15 heavy (non-hydrogen) atoms. The Labute approximate surface area is 89.5 Å². The van der Waals surface area contributed by atoms with Crippen LogP contribution in [0.2, 0.25) is 0 Å². The van der Waals surface area contributed by atoms with Crippen molar-refractivity contribution in [1.82, 2.24) is 0 Å². The summed E-state index contributed by atoms with van der Waals surface area (Å²) in [6.07, 6.45) is 2.51. The van der Waals surface area contributed by atoms with Crippen molar-refractivity contribution >= 4 is 5.97 Å². The second kappa shape index (κ2) is 5.32. The molecule has 0 radical (unpaired) electrons. The second-order valence-electron chi connectivity index (χ2n) is 3.29. The van der Waals surface area contributed by atoms with Crippen molar-refractivity contribution in [3.8, 4) is 5.75 Å². The zero-order chi connectivity index (χ0) is 11.3. The van der Waals surface area contributed by atoms with Crippen LogP contribution in [-0.4, -0.2) is 5.97 Å². The summed E-state index contributed by atoms with van der Waals surface area (Å²) < 4.78 is 4.91. The molecule has 3 nitrogen and oxygen atoms in total. The van der Waals surface area contributed by atoms with Crippen molar-refractivity contribution in [3.05, 3.63) is 42.5 Å². The highest BCUT2D eigenvalue weighted by atomic mass is 16.5. The average molecular weight is 205 g/mol. The fourth-order valence-electron chi connectivity index (χ4n) is 1.26. The lowest BCUT2D eigenvalue weighted by Gasteiger charge is -2.09. The third-order valence-corrected chi connectivity index (χ3v) is 1.99. The minimum atomic E-state index is -0.321. The molecule has 1 aromatic rings. The first-order valence-corrected chi connectivity index (χ1v) is 4.78. The van der Waals surface area contributed by atoms with Crippen LogP contribution >= 0.6 is 0 Å². The first kappa shape index (κ1) is 11.5. The number of rotatable bonds is 4. The molecule has 1 rings (SSSR count). The fourth-order valence-corrected chi connectivity index (χ4v) is 1.26. The predicted octanol–water partition coefficient (Wildman–Crippen LogP) is 2.19. The SMILES string of the molecule is C=CC[C@H](N)c1ccc(OC(C)=O)cc1. The predicted molar refractivity (Wildman–Crippen MR) is 59.5 cm³/mol. The standard InChI is InChI=1S/C12H15NO2/c1-3-4-12(13)10-5-7-11(8-6-10)15-9(2)14/h3,5-8,12H,1,4,13H2,2H3/t12-/m0/s1. The molecule has 0 saturated heterocycles. The van der Waals surface area contributed by atoms with E-state index in [-0.39, 0.29) is 12.0 Å². The molecule has 1 aromatic carbocycles. The molecule has 0 fully saturated rings. The maximum absolute atomic E-state index is 10.7. The molecule has 0 aliphatic rings. The topological polar surface area (TPSA) is 52.3 Å². The lowest BCUT2D eigenvalue weighted by atomic mass is 10.0. The summed E-state index contributed by atoms with van der Waals surface area (Å²) in [6, 6.07) is 7.13. The van der Waals surface area contributed by atoms with Crippen molar-refractivity contribution in [2.75, 3.05) is 0 Å². The van der Waals surface area contributed by atoms with Gasteiger partial charge in [0.1, 0.15) is 5.75 Å². The van der Waals surface area contributed by atoms with Gasteiger partial charge in [0.15, 0.2) is 0 Å². The Morgan fingerprint density at radius 1 is 1.53 bits per heavy atom. The minimum absolute atomic E-state index is 0.0473. The maximum Gasteiger partial charge on any atom is 0.308 e. The maximum atomic E-state index is 10.7. The zero-order valence-electron chi connectivity index (χ0n) is 8.77. The van der Waals surface area contributed by atoms with Crippen LogP contribution in [0.3, 0.4) is 0 Å². The smallest absolute Gasteiger partial charge is 0.308 e. The van der Waals surface area contributed by atoms with Crippen LogP contribution < -0.4 is 10.5 Å². The Hall–Kier alpha value is -1.61. The molecule has 0 spiro atoms. The molecule has 0 bridgehead atoms. The van der Waals surface area contributed by atoms with Crippen LogP contribution in [0.15, 0.2) is 36.9 Å². The van der Waals surface area contributed by atoms with Crippen molar-refractivity contribution in [3.63, 3.8) is 0 Å². The summed E-state index contributed by atoms with van der Waals surface area (Å²) in [5, 5.41) is 0. The highest BCUT2D eigenvalue weighted by Crippen LogP contribution is 2.18. The molecule has 0 unspecified atom stereocenters. The Bertz CT molecular complexity index is 343. The molecule has 0 aliphatic carbocycles. The molecule has 0 aromatic heterocycles. The number of carbonyl (C=O) groups is 1. The molecule has 3 heteroatoms. The Morgan fingerprint density at radius 2 is 2.13 bits per heavy atom. The van der Waals surface area contributed by atoms with Gasteiger partial charge < -0.3 is 10.5 Å². The lowest BCUT2D eigenvalue weighted by molar-refractivity contribution is -0.131. The summed E-state index contributed by atoms with van der Waals surface area (Å²) in [4.78, 5) is 10.7. The van der Waals surface area contributed by atoms with Crippen LogP contribution in [0.25, 0.3) is 0 Å². The van der Waals surface area contributed by atoms with Gasteiger partial charge >= 0.3 is 5.97 Å². The van der Waals surface area contributed by atoms with E-state index in [1.165, 1.54) is 6.92 Å². The van der Waals surface area contributed by atoms with Gasteiger partial charge in [-0.2, -0.15) is 0 Å². The fraction of sp³-hybridized carbons (Fsp3) is 0.250. The molecule has 0 heterocycles. The van der Waals surface area contributed by atoms with E-state index in [9.17, 15) is 4.79 Å². The number of hydrogen-bond acceptors (Lipinski definition) is 3. The van der Waals surface area contributed by atoms with Crippen LogP contribution in [0.1, 0.15) is 24.9 Å². The molecule has 80 valence electrons. The van der Waals surface area contributed by atoms with Gasteiger partial charge in [0.25, 0.3) is 0 Å². The number of nitrogens with two attached hydrogens (primary N) is 1. The molecular formula is C12H15NO2. The van der Waals surface area contributed by atoms with Crippen molar-refractivity contribution in [2.24, 2.45) is 5.73 Å². The second-order valence-corrected chi connectivity index (χ2v) is 3.29. The highest BCUT2D eigenvalue weighted by molar-refractivity contribution is 5.69. The largest absolute Gasteiger partial charge is 0.427 e. The average Bonchev–Trinajstić information content (AvgIpc) is 2.18. The molecule has 1 atom stereocenters. The quantitative estimate of drug-likeness (QED) is 0.465. The van der Waals surface area contributed by atoms with E-state index in [1.807, 2.05) is 12.1 Å². The third kappa shape index (κ3) is 3.56. The number of ether oxygens (including phenoxy) is 1. The van der Waals surface area contributed by atoms with E-state index >= 15 is 0 Å². The summed E-state index contributed by atoms with van der Waals surface area (Å²) in [7, 11) is 0. The van der Waals surface area contributed by atoms with Gasteiger partial charge in [-0.1, -0.05) is 18.2 Å². The first-order valence-electron chi connectivity index (χ1n) is 4.78. The number of carbonyl (C=O) groups excluding carboxylic acids is 1. The number of esters is 1. The van der Waals surface area contributed by atoms with Gasteiger partial charge in [-0.3, -0.25) is 4.79 Å². The third-order valence-electron chi connectivity index (χ3n) is 1.99. The van der Waals surface area contributed by atoms with Crippen molar-refractivity contribution in [1.29, 1.82) is 0 Å². The summed E-state index contributed by atoms with van der Waals surface area (Å²) in [6.45, 7) is 5.01. The molecule has 0 amide bonds. The van der Waals surface area contributed by atoms with Gasteiger partial charge in [0.2, 0.25) is 0 Å². The Balaban J connectivity index is 2.71. The van der Waals surface area contributed by atoms with E-state index in [1.54, 1.807) is 18.2 Å². The van der Waals surface area contributed by atoms with Crippen LogP contribution in [-0.2, 0) is 4.79 Å². The minimum Gasteiger partial charge on any atom is -0.427 e. The molecule has 0 aliphatic heterocycles. The van der Waals surface area contributed by atoms with Crippen LogP contribution in [0.4, 0.5) is 0 Å². The van der Waals surface area contributed by atoms with E-state index in [4.69, 9.17) is 10.5 Å². The summed E-state index contributed by atoms with van der Waals surface area (Å²) in [5.41, 5.74) is 6.88. The molecule has 2 N–H and O–H groups in total. The Kier molecular flexibility index (Phi) is 4.06. The van der Waals surface area contributed by atoms with Crippen molar-refractivity contribution < 1.29 is 9.53 Å². The van der Waals surface area contributed by atoms with Gasteiger partial charge in [-0.25, -0.2) is 0 Å². The van der Waals surface area contributed by atoms with Gasteiger partial charge in [-0.15, -0.1) is 6.58 Å². The number of hydrogen-bond donors (Lipinski definition) is 1. The van der Waals surface area contributed by atoms with E-state index < -0.39 is 0 Å². The first-order chi connectivity index (χ1) is 7.13. The van der Waals surface area contributed by atoms with E-state index in [0.29, 0.717) is 5.75 Å². The van der Waals surface area contributed by atoms with Crippen molar-refractivity contribution in [2.45, 2.75) is 19.4 Å². The highest BCUT2D eigenvalue weighted by Gasteiger charge is 2.04. The van der Waals surface area contributed by atoms with Crippen LogP contribution in [0, 0.1) is 0 Å². The number of benzene rings is 1. The summed E-state index contributed by atoms with van der Waals surface area (Å²) >= 11 is 0. The Morgan fingerprint density at radius 3 is 2.60 bits per heavy atom. The lowest BCUT2D eigenvalue weighted by Crippen LogP contribution is -2.09. The zero-order valence-corrected chi connectivity index (χ0v) is 8.77.